The van der Waals surface area contributed by atoms with Gasteiger partial charge in [-0.3, -0.25) is 10.1 Å². The third-order valence-electron chi connectivity index (χ3n) is 3.17. The summed E-state index contributed by atoms with van der Waals surface area (Å²) in [5.74, 6) is 0.694. The Morgan fingerprint density at radius 2 is 1.91 bits per heavy atom. The zero-order chi connectivity index (χ0) is 16.0. The second-order valence-electron chi connectivity index (χ2n) is 5.45. The van der Waals surface area contributed by atoms with Crippen molar-refractivity contribution < 1.29 is 13.9 Å². The van der Waals surface area contributed by atoms with Gasteiger partial charge in [-0.25, -0.2) is 0 Å². The highest BCUT2D eigenvalue weighted by atomic mass is 16.5. The number of aromatic nitrogens is 2. The van der Waals surface area contributed by atoms with Crippen LogP contribution in [0.2, 0.25) is 0 Å². The minimum atomic E-state index is -0.802. The molecule has 1 N–H and O–H groups in total. The first-order valence-electron chi connectivity index (χ1n) is 7.28. The summed E-state index contributed by atoms with van der Waals surface area (Å²) in [5.41, 5.74) is 0.307. The van der Waals surface area contributed by atoms with Crippen molar-refractivity contribution in [2.75, 3.05) is 6.61 Å². The molecule has 1 aromatic carbocycles. The van der Waals surface area contributed by atoms with Crippen LogP contribution in [0.15, 0.2) is 34.7 Å². The SMILES string of the molecule is CCOC(=O)C(C)(C)NCc1nnc(Cc2ccccc2)o1. The van der Waals surface area contributed by atoms with Gasteiger partial charge in [-0.1, -0.05) is 30.3 Å². The Morgan fingerprint density at radius 1 is 1.23 bits per heavy atom. The number of benzene rings is 1. The topological polar surface area (TPSA) is 77.2 Å². The van der Waals surface area contributed by atoms with E-state index in [1.807, 2.05) is 30.3 Å². The molecule has 0 unspecified atom stereocenters. The highest BCUT2D eigenvalue weighted by Gasteiger charge is 2.29. The molecule has 0 aliphatic carbocycles. The maximum absolute atomic E-state index is 11.8. The lowest BCUT2D eigenvalue weighted by Crippen LogP contribution is -2.47. The van der Waals surface area contributed by atoms with Crippen molar-refractivity contribution in [1.29, 1.82) is 0 Å². The number of esters is 1. The fourth-order valence-electron chi connectivity index (χ4n) is 1.88. The number of nitrogens with one attached hydrogen (secondary N) is 1. The number of carbonyl (C=O) groups is 1. The van der Waals surface area contributed by atoms with E-state index in [0.29, 0.717) is 31.4 Å². The number of ether oxygens (including phenoxy) is 1. The molecule has 6 heteroatoms. The molecule has 0 saturated heterocycles. The van der Waals surface area contributed by atoms with E-state index >= 15 is 0 Å². The van der Waals surface area contributed by atoms with E-state index < -0.39 is 5.54 Å². The van der Waals surface area contributed by atoms with Crippen LogP contribution in [0.5, 0.6) is 0 Å². The molecular weight excluding hydrogens is 282 g/mol. The molecule has 0 saturated carbocycles. The summed E-state index contributed by atoms with van der Waals surface area (Å²) in [6, 6.07) is 9.91. The lowest BCUT2D eigenvalue weighted by atomic mass is 10.1. The van der Waals surface area contributed by atoms with Gasteiger partial charge >= 0.3 is 5.97 Å². The maximum atomic E-state index is 11.8. The number of rotatable bonds is 7. The highest BCUT2D eigenvalue weighted by molar-refractivity contribution is 5.79. The Bertz CT molecular complexity index is 608. The average molecular weight is 303 g/mol. The summed E-state index contributed by atoms with van der Waals surface area (Å²) < 4.78 is 10.6. The predicted octanol–water partition coefficient (Wildman–Crippen LogP) is 2.09. The van der Waals surface area contributed by atoms with Crippen LogP contribution in [0.1, 0.15) is 38.1 Å². The first kappa shape index (κ1) is 16.2. The quantitative estimate of drug-likeness (QED) is 0.789. The van der Waals surface area contributed by atoms with E-state index in [9.17, 15) is 4.79 Å². The van der Waals surface area contributed by atoms with E-state index in [2.05, 4.69) is 15.5 Å². The van der Waals surface area contributed by atoms with Gasteiger partial charge in [0.15, 0.2) is 0 Å². The van der Waals surface area contributed by atoms with Crippen LogP contribution >= 0.6 is 0 Å². The van der Waals surface area contributed by atoms with Gasteiger partial charge in [0.05, 0.1) is 19.6 Å². The molecule has 0 aliphatic heterocycles. The van der Waals surface area contributed by atoms with Gasteiger partial charge in [0.25, 0.3) is 0 Å². The monoisotopic (exact) mass is 303 g/mol. The van der Waals surface area contributed by atoms with Crippen molar-refractivity contribution in [3.8, 4) is 0 Å². The van der Waals surface area contributed by atoms with Crippen LogP contribution in [-0.2, 0) is 22.5 Å². The summed E-state index contributed by atoms with van der Waals surface area (Å²) in [6.45, 7) is 5.96. The van der Waals surface area contributed by atoms with Gasteiger partial charge in [0.1, 0.15) is 5.54 Å². The minimum absolute atomic E-state index is 0.306. The largest absolute Gasteiger partial charge is 0.465 e. The fourth-order valence-corrected chi connectivity index (χ4v) is 1.88. The van der Waals surface area contributed by atoms with Gasteiger partial charge < -0.3 is 9.15 Å². The Balaban J connectivity index is 1.91. The van der Waals surface area contributed by atoms with E-state index in [0.717, 1.165) is 5.56 Å². The zero-order valence-electron chi connectivity index (χ0n) is 13.1. The smallest absolute Gasteiger partial charge is 0.325 e. The van der Waals surface area contributed by atoms with Gasteiger partial charge in [-0.05, 0) is 26.3 Å². The molecule has 118 valence electrons. The molecule has 6 nitrogen and oxygen atoms in total. The Kier molecular flexibility index (Phi) is 5.27. The first-order chi connectivity index (χ1) is 10.5. The Morgan fingerprint density at radius 3 is 2.59 bits per heavy atom. The molecule has 2 rings (SSSR count). The van der Waals surface area contributed by atoms with Crippen LogP contribution in [-0.4, -0.2) is 28.3 Å². The van der Waals surface area contributed by atoms with Crippen molar-refractivity contribution in [1.82, 2.24) is 15.5 Å². The Hall–Kier alpha value is -2.21. The molecule has 2 aromatic rings. The van der Waals surface area contributed by atoms with Crippen molar-refractivity contribution in [2.24, 2.45) is 0 Å². The lowest BCUT2D eigenvalue weighted by molar-refractivity contribution is -0.149. The lowest BCUT2D eigenvalue weighted by Gasteiger charge is -2.22. The van der Waals surface area contributed by atoms with Crippen molar-refractivity contribution in [3.05, 3.63) is 47.7 Å². The molecule has 0 spiro atoms. The molecule has 22 heavy (non-hydrogen) atoms. The second-order valence-corrected chi connectivity index (χ2v) is 5.45. The average Bonchev–Trinajstić information content (AvgIpc) is 2.94. The molecule has 0 bridgehead atoms. The minimum Gasteiger partial charge on any atom is -0.465 e. The maximum Gasteiger partial charge on any atom is 0.325 e. The molecule has 0 aliphatic rings. The number of hydrogen-bond acceptors (Lipinski definition) is 6. The fraction of sp³-hybridized carbons (Fsp3) is 0.438. The van der Waals surface area contributed by atoms with Crippen LogP contribution in [0.25, 0.3) is 0 Å². The van der Waals surface area contributed by atoms with E-state index in [-0.39, 0.29) is 5.97 Å². The highest BCUT2D eigenvalue weighted by Crippen LogP contribution is 2.10. The molecule has 0 atom stereocenters. The van der Waals surface area contributed by atoms with Gasteiger partial charge in [-0.2, -0.15) is 0 Å². The van der Waals surface area contributed by atoms with Crippen LogP contribution in [0, 0.1) is 0 Å². The van der Waals surface area contributed by atoms with Crippen LogP contribution < -0.4 is 5.32 Å². The van der Waals surface area contributed by atoms with E-state index in [1.54, 1.807) is 20.8 Å². The molecule has 1 aromatic heterocycles. The summed E-state index contributed by atoms with van der Waals surface area (Å²) in [7, 11) is 0. The van der Waals surface area contributed by atoms with Gasteiger partial charge in [0.2, 0.25) is 11.8 Å². The number of carbonyl (C=O) groups excluding carboxylic acids is 1. The van der Waals surface area contributed by atoms with Crippen molar-refractivity contribution in [2.45, 2.75) is 39.3 Å². The number of hydrogen-bond donors (Lipinski definition) is 1. The van der Waals surface area contributed by atoms with E-state index in [1.165, 1.54) is 0 Å². The molecule has 0 amide bonds. The summed E-state index contributed by atoms with van der Waals surface area (Å²) in [4.78, 5) is 11.8. The number of nitrogens with zero attached hydrogens (tertiary/aromatic N) is 2. The Labute approximate surface area is 129 Å². The van der Waals surface area contributed by atoms with E-state index in [4.69, 9.17) is 9.15 Å². The molecular formula is C16H21N3O3. The predicted molar refractivity (Wildman–Crippen MR) is 81.1 cm³/mol. The van der Waals surface area contributed by atoms with Crippen LogP contribution in [0.4, 0.5) is 0 Å². The first-order valence-corrected chi connectivity index (χ1v) is 7.28. The molecule has 1 heterocycles. The summed E-state index contributed by atoms with van der Waals surface area (Å²) >= 11 is 0. The molecule has 0 radical (unpaired) electrons. The summed E-state index contributed by atoms with van der Waals surface area (Å²) in [5, 5.41) is 11.1. The van der Waals surface area contributed by atoms with Crippen LogP contribution in [0.3, 0.4) is 0 Å². The normalized spacial score (nSPS) is 11.4. The summed E-state index contributed by atoms with van der Waals surface area (Å²) in [6.07, 6.45) is 0.592. The third kappa shape index (κ3) is 4.39. The van der Waals surface area contributed by atoms with Crippen molar-refractivity contribution >= 4 is 5.97 Å². The molecule has 0 fully saturated rings. The standard InChI is InChI=1S/C16H21N3O3/c1-4-21-15(20)16(2,3)17-11-14-19-18-13(22-14)10-12-8-6-5-7-9-12/h5-9,17H,4,10-11H2,1-3H3. The van der Waals surface area contributed by atoms with Crippen molar-refractivity contribution in [3.63, 3.8) is 0 Å². The third-order valence-corrected chi connectivity index (χ3v) is 3.17. The van der Waals surface area contributed by atoms with Gasteiger partial charge in [0, 0.05) is 0 Å². The zero-order valence-corrected chi connectivity index (χ0v) is 13.1. The second kappa shape index (κ2) is 7.17. The van der Waals surface area contributed by atoms with Gasteiger partial charge in [-0.15, -0.1) is 10.2 Å².